The Kier molecular flexibility index (Phi) is 6.37. The molecule has 28 heavy (non-hydrogen) atoms. The predicted molar refractivity (Wildman–Crippen MR) is 109 cm³/mol. The van der Waals surface area contributed by atoms with Crippen LogP contribution in [0.1, 0.15) is 28.9 Å². The largest absolute Gasteiger partial charge is 0.337 e. The Labute approximate surface area is 165 Å². The molecule has 0 atom stereocenters. The number of imidazole rings is 1. The van der Waals surface area contributed by atoms with Gasteiger partial charge < -0.3 is 14.8 Å². The number of rotatable bonds is 7. The summed E-state index contributed by atoms with van der Waals surface area (Å²) in [7, 11) is 0. The highest BCUT2D eigenvalue weighted by molar-refractivity contribution is 5.90. The van der Waals surface area contributed by atoms with Crippen molar-refractivity contribution in [2.24, 2.45) is 0 Å². The zero-order valence-corrected chi connectivity index (χ0v) is 16.6. The monoisotopic (exact) mass is 378 g/mol. The maximum Gasteiger partial charge on any atom is 0.322 e. The molecular weight excluding hydrogens is 352 g/mol. The van der Waals surface area contributed by atoms with Gasteiger partial charge in [-0.15, -0.1) is 0 Å². The van der Waals surface area contributed by atoms with E-state index in [1.54, 1.807) is 24.9 Å². The summed E-state index contributed by atoms with van der Waals surface area (Å²) in [5, 5.41) is 3.05. The molecule has 0 aliphatic heterocycles. The fourth-order valence-electron chi connectivity index (χ4n) is 3.23. The number of amides is 2. The molecule has 0 aromatic carbocycles. The minimum Gasteiger partial charge on any atom is -0.337 e. The second-order valence-corrected chi connectivity index (χ2v) is 6.91. The van der Waals surface area contributed by atoms with Gasteiger partial charge in [-0.3, -0.25) is 9.97 Å². The summed E-state index contributed by atoms with van der Waals surface area (Å²) in [5.74, 6) is 0. The zero-order chi connectivity index (χ0) is 19.9. The third-order valence-electron chi connectivity index (χ3n) is 4.54. The third kappa shape index (κ3) is 5.16. The second-order valence-electron chi connectivity index (χ2n) is 6.91. The smallest absolute Gasteiger partial charge is 0.322 e. The van der Waals surface area contributed by atoms with Crippen LogP contribution in [0.5, 0.6) is 0 Å². The number of hydrogen-bond acceptors (Lipinski definition) is 4. The number of nitrogens with zero attached hydrogens (tertiary/aromatic N) is 5. The highest BCUT2D eigenvalue weighted by atomic mass is 16.2. The number of nitrogens with one attached hydrogen (secondary N) is 1. The van der Waals surface area contributed by atoms with Crippen molar-refractivity contribution >= 4 is 11.7 Å². The zero-order valence-electron chi connectivity index (χ0n) is 16.6. The Balaban J connectivity index is 1.72. The van der Waals surface area contributed by atoms with Crippen molar-refractivity contribution in [3.05, 3.63) is 71.8 Å². The molecule has 3 aromatic rings. The van der Waals surface area contributed by atoms with Gasteiger partial charge in [0.15, 0.2) is 0 Å². The number of carbonyl (C=O) groups is 1. The number of aromatic nitrogens is 4. The normalized spacial score (nSPS) is 10.7. The summed E-state index contributed by atoms with van der Waals surface area (Å²) in [6, 6.07) is 5.71. The first-order valence-electron chi connectivity index (χ1n) is 9.38. The lowest BCUT2D eigenvalue weighted by atomic mass is 10.1. The van der Waals surface area contributed by atoms with E-state index in [0.29, 0.717) is 13.1 Å². The molecule has 0 aliphatic rings. The van der Waals surface area contributed by atoms with E-state index < -0.39 is 0 Å². The number of aryl methyl sites for hydroxylation is 4. The molecule has 146 valence electrons. The Bertz CT molecular complexity index is 885. The average molecular weight is 378 g/mol. The second kappa shape index (κ2) is 9.12. The van der Waals surface area contributed by atoms with Crippen molar-refractivity contribution in [2.75, 3.05) is 11.9 Å². The van der Waals surface area contributed by atoms with Crippen LogP contribution < -0.4 is 5.32 Å². The van der Waals surface area contributed by atoms with Gasteiger partial charge in [-0.05, 0) is 50.5 Å². The van der Waals surface area contributed by atoms with E-state index in [1.807, 2.05) is 54.6 Å². The Hall–Kier alpha value is -3.22. The fourth-order valence-corrected chi connectivity index (χ4v) is 3.23. The van der Waals surface area contributed by atoms with Crippen LogP contribution in [0, 0.1) is 20.8 Å². The fraction of sp³-hybridized carbons (Fsp3) is 0.333. The average Bonchev–Trinajstić information content (AvgIpc) is 3.18. The van der Waals surface area contributed by atoms with E-state index in [-0.39, 0.29) is 6.03 Å². The van der Waals surface area contributed by atoms with E-state index in [1.165, 1.54) is 0 Å². The molecule has 7 heteroatoms. The van der Waals surface area contributed by atoms with E-state index in [4.69, 9.17) is 0 Å². The maximum atomic E-state index is 13.0. The standard InChI is InChI=1S/C21H26N6O/c1-16-12-17(2)24-18(3)20(16)25-21(28)27(14-19-6-4-7-22-13-19)10-5-9-26-11-8-23-15-26/h4,6-8,11-13,15H,5,9-10,14H2,1-3H3,(H,25,28). The number of hydrogen-bond donors (Lipinski definition) is 1. The minimum absolute atomic E-state index is 0.133. The van der Waals surface area contributed by atoms with Gasteiger partial charge in [-0.25, -0.2) is 9.78 Å². The number of pyridine rings is 2. The molecule has 2 amide bonds. The van der Waals surface area contributed by atoms with Crippen LogP contribution in [0.4, 0.5) is 10.5 Å². The van der Waals surface area contributed by atoms with Gasteiger partial charge >= 0.3 is 6.03 Å². The third-order valence-corrected chi connectivity index (χ3v) is 4.54. The quantitative estimate of drug-likeness (QED) is 0.680. The van der Waals surface area contributed by atoms with Gasteiger partial charge in [0.25, 0.3) is 0 Å². The molecule has 0 spiro atoms. The Morgan fingerprint density at radius 3 is 2.75 bits per heavy atom. The highest BCUT2D eigenvalue weighted by Gasteiger charge is 2.17. The van der Waals surface area contributed by atoms with Crippen LogP contribution >= 0.6 is 0 Å². The summed E-state index contributed by atoms with van der Waals surface area (Å²) < 4.78 is 2.01. The van der Waals surface area contributed by atoms with Gasteiger partial charge in [-0.2, -0.15) is 0 Å². The molecule has 3 rings (SSSR count). The topological polar surface area (TPSA) is 75.9 Å². The maximum absolute atomic E-state index is 13.0. The van der Waals surface area contributed by atoms with Gasteiger partial charge in [0.1, 0.15) is 0 Å². The van der Waals surface area contributed by atoms with E-state index in [9.17, 15) is 4.79 Å². The first kappa shape index (κ1) is 19.5. The van der Waals surface area contributed by atoms with Crippen molar-refractivity contribution in [3.63, 3.8) is 0 Å². The van der Waals surface area contributed by atoms with Crippen LogP contribution in [-0.4, -0.2) is 37.0 Å². The summed E-state index contributed by atoms with van der Waals surface area (Å²) in [5.41, 5.74) is 4.56. The van der Waals surface area contributed by atoms with Gasteiger partial charge in [0.05, 0.1) is 17.7 Å². The predicted octanol–water partition coefficient (Wildman–Crippen LogP) is 3.72. The molecule has 0 saturated carbocycles. The molecule has 1 N–H and O–H groups in total. The molecular formula is C21H26N6O. The summed E-state index contributed by atoms with van der Waals surface area (Å²) >= 11 is 0. The summed E-state index contributed by atoms with van der Waals surface area (Å²) in [4.78, 5) is 27.6. The molecule has 0 fully saturated rings. The SMILES string of the molecule is Cc1cc(C)c(NC(=O)N(CCCn2ccnc2)Cc2cccnc2)c(C)n1. The molecule has 0 aliphatic carbocycles. The Morgan fingerprint density at radius 2 is 2.07 bits per heavy atom. The lowest BCUT2D eigenvalue weighted by Crippen LogP contribution is -2.36. The lowest BCUT2D eigenvalue weighted by molar-refractivity contribution is 0.207. The van der Waals surface area contributed by atoms with E-state index in [0.717, 1.165) is 41.2 Å². The number of urea groups is 1. The Morgan fingerprint density at radius 1 is 1.21 bits per heavy atom. The van der Waals surface area contributed by atoms with Gasteiger partial charge in [0.2, 0.25) is 0 Å². The first-order chi connectivity index (χ1) is 13.5. The van der Waals surface area contributed by atoms with Crippen LogP contribution in [0.15, 0.2) is 49.3 Å². The molecule has 0 unspecified atom stereocenters. The number of anilines is 1. The molecule has 0 saturated heterocycles. The summed E-state index contributed by atoms with van der Waals surface area (Å²) in [6.07, 6.45) is 9.83. The van der Waals surface area contributed by atoms with Crippen LogP contribution in [0.2, 0.25) is 0 Å². The molecule has 7 nitrogen and oxygen atoms in total. The van der Waals surface area contributed by atoms with Crippen molar-refractivity contribution in [1.29, 1.82) is 0 Å². The first-order valence-corrected chi connectivity index (χ1v) is 9.38. The summed E-state index contributed by atoms with van der Waals surface area (Å²) in [6.45, 7) is 7.79. The van der Waals surface area contributed by atoms with Crippen LogP contribution in [-0.2, 0) is 13.1 Å². The molecule has 3 aromatic heterocycles. The van der Waals surface area contributed by atoms with Crippen molar-refractivity contribution < 1.29 is 4.79 Å². The highest BCUT2D eigenvalue weighted by Crippen LogP contribution is 2.20. The minimum atomic E-state index is -0.133. The molecule has 0 bridgehead atoms. The molecule has 0 radical (unpaired) electrons. The van der Waals surface area contributed by atoms with Gasteiger partial charge in [-0.1, -0.05) is 6.07 Å². The van der Waals surface area contributed by atoms with Crippen molar-refractivity contribution in [2.45, 2.75) is 40.3 Å². The van der Waals surface area contributed by atoms with Crippen LogP contribution in [0.3, 0.4) is 0 Å². The van der Waals surface area contributed by atoms with Gasteiger partial charge in [0, 0.05) is 50.1 Å². The van der Waals surface area contributed by atoms with Crippen LogP contribution in [0.25, 0.3) is 0 Å². The lowest BCUT2D eigenvalue weighted by Gasteiger charge is -2.24. The van der Waals surface area contributed by atoms with E-state index in [2.05, 4.69) is 20.3 Å². The number of carbonyl (C=O) groups excluding carboxylic acids is 1. The van der Waals surface area contributed by atoms with Crippen molar-refractivity contribution in [3.8, 4) is 0 Å². The van der Waals surface area contributed by atoms with Crippen molar-refractivity contribution in [1.82, 2.24) is 24.4 Å². The molecule has 3 heterocycles. The van der Waals surface area contributed by atoms with E-state index >= 15 is 0 Å².